The third kappa shape index (κ3) is 3.23. The van der Waals surface area contributed by atoms with E-state index in [0.29, 0.717) is 5.92 Å². The van der Waals surface area contributed by atoms with Crippen LogP contribution in [0, 0.1) is 5.92 Å². The number of hydrogen-bond acceptors (Lipinski definition) is 2. The van der Waals surface area contributed by atoms with E-state index < -0.39 is 6.49 Å². The SMILES string of the molecule is CC1(C)CC(CNP(=S)(N2CC2)N2CC2)CC(C)(C)N1[O]. The minimum atomic E-state index is -1.65. The Morgan fingerprint density at radius 3 is 1.86 bits per heavy atom. The van der Waals surface area contributed by atoms with Gasteiger partial charge in [0.05, 0.1) is 0 Å². The molecule has 3 fully saturated rings. The second-order valence-electron chi connectivity index (χ2n) is 8.01. The molecule has 3 saturated heterocycles. The molecule has 0 atom stereocenters. The third-order valence-corrected chi connectivity index (χ3v) is 9.58. The van der Waals surface area contributed by atoms with Crippen LogP contribution in [0.1, 0.15) is 40.5 Å². The molecule has 1 N–H and O–H groups in total. The smallest absolute Gasteiger partial charge is 0.143 e. The summed E-state index contributed by atoms with van der Waals surface area (Å²) in [7, 11) is 0. The van der Waals surface area contributed by atoms with Gasteiger partial charge in [-0.15, -0.1) is 10.3 Å². The molecule has 0 aromatic carbocycles. The van der Waals surface area contributed by atoms with E-state index in [1.807, 2.05) is 0 Å². The molecule has 0 aromatic rings. The van der Waals surface area contributed by atoms with Crippen molar-refractivity contribution in [1.82, 2.24) is 19.5 Å². The average molecular weight is 331 g/mol. The standard InChI is InChI=1S/C14H28N4OPS/c1-13(2)9-12(10-14(3,4)18(13)19)11-15-20(21,16-5-6-16)17-7-8-17/h12H,5-11H2,1-4H3,(H,15,21). The molecule has 7 heteroatoms. The molecule has 0 spiro atoms. The maximum atomic E-state index is 12.4. The second kappa shape index (κ2) is 5.23. The summed E-state index contributed by atoms with van der Waals surface area (Å²) >= 11 is 5.96. The Kier molecular flexibility index (Phi) is 4.06. The van der Waals surface area contributed by atoms with E-state index in [1.165, 1.54) is 5.06 Å². The van der Waals surface area contributed by atoms with Crippen molar-refractivity contribution in [2.24, 2.45) is 5.92 Å². The highest BCUT2D eigenvalue weighted by atomic mass is 32.4. The van der Waals surface area contributed by atoms with Crippen molar-refractivity contribution in [2.45, 2.75) is 51.6 Å². The first-order chi connectivity index (χ1) is 9.65. The summed E-state index contributed by atoms with van der Waals surface area (Å²) in [5.41, 5.74) is -0.563. The Morgan fingerprint density at radius 1 is 1.05 bits per heavy atom. The highest BCUT2D eigenvalue weighted by Gasteiger charge is 2.48. The van der Waals surface area contributed by atoms with E-state index in [2.05, 4.69) is 42.1 Å². The lowest BCUT2D eigenvalue weighted by Gasteiger charge is -2.50. The van der Waals surface area contributed by atoms with Crippen molar-refractivity contribution in [3.8, 4) is 0 Å². The predicted octanol–water partition coefficient (Wildman–Crippen LogP) is 2.05. The summed E-state index contributed by atoms with van der Waals surface area (Å²) in [6, 6.07) is 0. The summed E-state index contributed by atoms with van der Waals surface area (Å²) in [6.07, 6.45) is 1.89. The monoisotopic (exact) mass is 331 g/mol. The van der Waals surface area contributed by atoms with Gasteiger partial charge in [0.1, 0.15) is 6.49 Å². The lowest BCUT2D eigenvalue weighted by atomic mass is 9.75. The normalized spacial score (nSPS) is 30.5. The van der Waals surface area contributed by atoms with E-state index in [1.54, 1.807) is 0 Å². The van der Waals surface area contributed by atoms with Crippen LogP contribution in [-0.2, 0) is 17.0 Å². The molecule has 3 aliphatic heterocycles. The van der Waals surface area contributed by atoms with Crippen molar-refractivity contribution in [2.75, 3.05) is 32.7 Å². The Hall–Kier alpha value is 0.450. The Balaban J connectivity index is 1.64. The highest BCUT2D eigenvalue weighted by molar-refractivity contribution is 8.11. The van der Waals surface area contributed by atoms with Crippen LogP contribution >= 0.6 is 6.49 Å². The first kappa shape index (κ1) is 16.3. The highest BCUT2D eigenvalue weighted by Crippen LogP contribution is 2.57. The fourth-order valence-corrected chi connectivity index (χ4v) is 7.59. The van der Waals surface area contributed by atoms with Crippen LogP contribution in [0.4, 0.5) is 0 Å². The van der Waals surface area contributed by atoms with Gasteiger partial charge in [-0.3, -0.25) is 5.09 Å². The number of nitrogens with one attached hydrogen (secondary N) is 1. The number of nitrogens with zero attached hydrogens (tertiary/aromatic N) is 3. The summed E-state index contributed by atoms with van der Waals surface area (Å²) in [6.45, 7) is 12.2. The van der Waals surface area contributed by atoms with E-state index >= 15 is 0 Å². The van der Waals surface area contributed by atoms with Gasteiger partial charge in [-0.25, -0.2) is 9.34 Å². The van der Waals surface area contributed by atoms with Gasteiger partial charge < -0.3 is 0 Å². The van der Waals surface area contributed by atoms with Gasteiger partial charge >= 0.3 is 0 Å². The first-order valence-electron chi connectivity index (χ1n) is 7.99. The fourth-order valence-electron chi connectivity index (χ4n) is 3.87. The van der Waals surface area contributed by atoms with Gasteiger partial charge in [0.15, 0.2) is 0 Å². The summed E-state index contributed by atoms with van der Waals surface area (Å²) in [5.74, 6) is 0.530. The fraction of sp³-hybridized carbons (Fsp3) is 1.00. The Bertz CT molecular complexity index is 428. The van der Waals surface area contributed by atoms with Crippen LogP contribution in [0.2, 0.25) is 0 Å². The molecule has 3 heterocycles. The molecular weight excluding hydrogens is 303 g/mol. The van der Waals surface area contributed by atoms with Gasteiger partial charge in [0.2, 0.25) is 0 Å². The third-order valence-electron chi connectivity index (χ3n) is 4.88. The van der Waals surface area contributed by atoms with Crippen LogP contribution < -0.4 is 5.09 Å². The van der Waals surface area contributed by atoms with Crippen LogP contribution in [0.3, 0.4) is 0 Å². The topological polar surface area (TPSA) is 41.2 Å². The molecule has 3 rings (SSSR count). The van der Waals surface area contributed by atoms with Crippen molar-refractivity contribution in [3.63, 3.8) is 0 Å². The zero-order valence-corrected chi connectivity index (χ0v) is 15.3. The molecule has 121 valence electrons. The van der Waals surface area contributed by atoms with Gasteiger partial charge in [0, 0.05) is 43.8 Å². The maximum absolute atomic E-state index is 12.4. The van der Waals surface area contributed by atoms with Crippen molar-refractivity contribution < 1.29 is 5.21 Å². The van der Waals surface area contributed by atoms with Crippen LogP contribution in [0.5, 0.6) is 0 Å². The Morgan fingerprint density at radius 2 is 1.48 bits per heavy atom. The molecule has 5 nitrogen and oxygen atoms in total. The molecule has 0 saturated carbocycles. The van der Waals surface area contributed by atoms with Gasteiger partial charge in [-0.05, 0) is 58.3 Å². The largest absolute Gasteiger partial charge is 0.265 e. The lowest BCUT2D eigenvalue weighted by Crippen LogP contribution is -2.59. The van der Waals surface area contributed by atoms with Crippen molar-refractivity contribution in [3.05, 3.63) is 0 Å². The summed E-state index contributed by atoms with van der Waals surface area (Å²) in [5, 5.41) is 17.5. The number of rotatable bonds is 5. The molecular formula is C14H28N4OPS. The quantitative estimate of drug-likeness (QED) is 0.617. The zero-order chi connectivity index (χ0) is 15.5. The van der Waals surface area contributed by atoms with Crippen LogP contribution in [0.15, 0.2) is 0 Å². The molecule has 0 amide bonds. The van der Waals surface area contributed by atoms with E-state index in [0.717, 1.165) is 45.6 Å². The number of piperidine rings is 1. The zero-order valence-electron chi connectivity index (χ0n) is 13.6. The first-order valence-corrected chi connectivity index (χ1v) is 10.7. The molecule has 0 aromatic heterocycles. The van der Waals surface area contributed by atoms with Crippen LogP contribution in [-0.4, -0.2) is 58.2 Å². The molecule has 1 radical (unpaired) electrons. The summed E-state index contributed by atoms with van der Waals surface area (Å²) < 4.78 is 4.85. The minimum Gasteiger partial charge on any atom is -0.265 e. The molecule has 21 heavy (non-hydrogen) atoms. The maximum Gasteiger partial charge on any atom is 0.143 e. The van der Waals surface area contributed by atoms with E-state index in [9.17, 15) is 5.21 Å². The minimum absolute atomic E-state index is 0.281. The average Bonchev–Trinajstić information content (AvgIpc) is 3.24. The van der Waals surface area contributed by atoms with Crippen molar-refractivity contribution in [1.29, 1.82) is 0 Å². The van der Waals surface area contributed by atoms with Gasteiger partial charge in [0.25, 0.3) is 0 Å². The predicted molar refractivity (Wildman–Crippen MR) is 88.8 cm³/mol. The molecule has 0 aliphatic carbocycles. The van der Waals surface area contributed by atoms with Gasteiger partial charge in [-0.1, -0.05) is 0 Å². The lowest BCUT2D eigenvalue weighted by molar-refractivity contribution is -0.293. The molecule has 3 aliphatic rings. The molecule has 0 bridgehead atoms. The van der Waals surface area contributed by atoms with Crippen LogP contribution in [0.25, 0.3) is 0 Å². The number of hydrogen-bond donors (Lipinski definition) is 1. The Labute approximate surface area is 133 Å². The summed E-state index contributed by atoms with van der Waals surface area (Å²) in [4.78, 5) is 0. The van der Waals surface area contributed by atoms with E-state index in [4.69, 9.17) is 11.8 Å². The second-order valence-corrected chi connectivity index (χ2v) is 12.1. The van der Waals surface area contributed by atoms with Gasteiger partial charge in [-0.2, -0.15) is 0 Å². The van der Waals surface area contributed by atoms with E-state index in [-0.39, 0.29) is 11.1 Å². The molecule has 0 unspecified atom stereocenters. The number of hydroxylamine groups is 2. The van der Waals surface area contributed by atoms with Crippen molar-refractivity contribution >= 4 is 18.3 Å².